The van der Waals surface area contributed by atoms with Crippen LogP contribution in [0.5, 0.6) is 0 Å². The van der Waals surface area contributed by atoms with Crippen LogP contribution < -0.4 is 9.80 Å². The van der Waals surface area contributed by atoms with Gasteiger partial charge in [-0.25, -0.2) is 0 Å². The Morgan fingerprint density at radius 2 is 0.806 bits per heavy atom. The second-order valence-electron chi connectivity index (χ2n) is 19.9. The van der Waals surface area contributed by atoms with Crippen LogP contribution >= 0.6 is 0 Å². The smallest absolute Gasteiger partial charge is 0.137 e. The lowest BCUT2D eigenvalue weighted by Gasteiger charge is -2.42. The van der Waals surface area contributed by atoms with Gasteiger partial charge in [0.2, 0.25) is 0 Å². The number of benzene rings is 10. The summed E-state index contributed by atoms with van der Waals surface area (Å²) < 4.78 is 6.60. The number of fused-ring (bicyclic) bond motifs is 9. The standard InChI is InChI=1S/C64H50N2O/c1-39-25-31-56-52(33-39)64(5,6)53-34-40(2)26-32-57(53)65(56)43-27-29-46-49(35-43)61(41-17-9-7-10-18-41)47-30-28-44(36-50(47)62(46)42-19-11-8-12-20-42)66-55-23-15-14-22-51(55)63(3,4)54-37-48-45-21-13-16-24-59(45)67-60(48)38-58(54)66/h7-38H,1-6H3. The van der Waals surface area contributed by atoms with Crippen LogP contribution in [0.2, 0.25) is 0 Å². The summed E-state index contributed by atoms with van der Waals surface area (Å²) >= 11 is 0. The molecule has 0 bridgehead atoms. The van der Waals surface area contributed by atoms with Gasteiger partial charge in [-0.15, -0.1) is 0 Å². The molecule has 0 saturated carbocycles. The average molecular weight is 863 g/mol. The molecule has 11 aromatic rings. The monoisotopic (exact) mass is 862 g/mol. The minimum atomic E-state index is -0.252. The van der Waals surface area contributed by atoms with E-state index < -0.39 is 0 Å². The largest absolute Gasteiger partial charge is 0.456 e. The van der Waals surface area contributed by atoms with E-state index >= 15 is 0 Å². The summed E-state index contributed by atoms with van der Waals surface area (Å²) in [7, 11) is 0. The first-order chi connectivity index (χ1) is 32.6. The van der Waals surface area contributed by atoms with Crippen molar-refractivity contribution in [1.29, 1.82) is 0 Å². The molecule has 0 amide bonds. The zero-order valence-corrected chi connectivity index (χ0v) is 38.8. The van der Waals surface area contributed by atoms with Crippen LogP contribution in [0.15, 0.2) is 199 Å². The van der Waals surface area contributed by atoms with Gasteiger partial charge in [-0.3, -0.25) is 0 Å². The first-order valence-corrected chi connectivity index (χ1v) is 23.6. The van der Waals surface area contributed by atoms with Crippen molar-refractivity contribution in [2.24, 2.45) is 0 Å². The van der Waals surface area contributed by atoms with E-state index in [0.29, 0.717) is 0 Å². The van der Waals surface area contributed by atoms with E-state index in [-0.39, 0.29) is 10.8 Å². The van der Waals surface area contributed by atoms with Gasteiger partial charge in [0.15, 0.2) is 0 Å². The van der Waals surface area contributed by atoms with Gasteiger partial charge >= 0.3 is 0 Å². The van der Waals surface area contributed by atoms with Crippen LogP contribution in [-0.4, -0.2) is 0 Å². The van der Waals surface area contributed by atoms with Crippen molar-refractivity contribution in [2.75, 3.05) is 9.80 Å². The fourth-order valence-corrected chi connectivity index (χ4v) is 11.8. The number of aryl methyl sites for hydroxylation is 2. The van der Waals surface area contributed by atoms with Crippen LogP contribution in [0.1, 0.15) is 61.1 Å². The summed E-state index contributed by atoms with van der Waals surface area (Å²) in [5.41, 5.74) is 21.1. The molecule has 0 saturated heterocycles. The van der Waals surface area contributed by atoms with E-state index in [9.17, 15) is 0 Å². The Morgan fingerprint density at radius 3 is 1.40 bits per heavy atom. The molecule has 13 rings (SSSR count). The SMILES string of the molecule is Cc1ccc2c(c1)C(C)(C)c1cc(C)ccc1N2c1ccc2c(-c3ccccc3)c3cc(N4c5ccccc5C(C)(C)c5cc6c(cc54)oc4ccccc46)ccc3c(-c3ccccc3)c2c1. The molecule has 322 valence electrons. The fraction of sp³-hybridized carbons (Fsp3) is 0.125. The molecule has 67 heavy (non-hydrogen) atoms. The predicted molar refractivity (Wildman–Crippen MR) is 283 cm³/mol. The highest BCUT2D eigenvalue weighted by Gasteiger charge is 2.39. The molecule has 3 heterocycles. The van der Waals surface area contributed by atoms with E-state index in [0.717, 1.165) is 39.0 Å². The quantitative estimate of drug-likeness (QED) is 0.164. The normalized spacial score (nSPS) is 14.6. The van der Waals surface area contributed by atoms with Gasteiger partial charge in [-0.05, 0) is 134 Å². The van der Waals surface area contributed by atoms with Gasteiger partial charge in [-0.2, -0.15) is 0 Å². The van der Waals surface area contributed by atoms with E-state index in [4.69, 9.17) is 4.42 Å². The number of furan rings is 1. The van der Waals surface area contributed by atoms with Crippen molar-refractivity contribution < 1.29 is 4.42 Å². The fourth-order valence-electron chi connectivity index (χ4n) is 11.8. The number of nitrogens with zero attached hydrogens (tertiary/aromatic N) is 2. The van der Waals surface area contributed by atoms with Crippen LogP contribution in [0.4, 0.5) is 34.1 Å². The van der Waals surface area contributed by atoms with Gasteiger partial charge in [0.25, 0.3) is 0 Å². The molecule has 3 nitrogen and oxygen atoms in total. The number of rotatable bonds is 4. The molecule has 0 spiro atoms. The molecule has 0 radical (unpaired) electrons. The minimum absolute atomic E-state index is 0.164. The number of hydrogen-bond donors (Lipinski definition) is 0. The van der Waals surface area contributed by atoms with Crippen LogP contribution in [0.3, 0.4) is 0 Å². The highest BCUT2D eigenvalue weighted by Crippen LogP contribution is 2.56. The third kappa shape index (κ3) is 5.77. The van der Waals surface area contributed by atoms with Crippen molar-refractivity contribution >= 4 is 77.6 Å². The predicted octanol–water partition coefficient (Wildman–Crippen LogP) is 18.1. The lowest BCUT2D eigenvalue weighted by molar-refractivity contribution is 0.630. The second-order valence-corrected chi connectivity index (χ2v) is 19.9. The third-order valence-electron chi connectivity index (χ3n) is 15.1. The number of hydrogen-bond acceptors (Lipinski definition) is 3. The molecule has 0 fully saturated rings. The molecule has 0 atom stereocenters. The van der Waals surface area contributed by atoms with Gasteiger partial charge in [0.05, 0.1) is 22.7 Å². The maximum absolute atomic E-state index is 6.60. The summed E-state index contributed by atoms with van der Waals surface area (Å²) in [6, 6.07) is 72.3. The molecule has 1 aromatic heterocycles. The van der Waals surface area contributed by atoms with Crippen molar-refractivity contribution in [3.8, 4) is 22.3 Å². The maximum atomic E-state index is 6.60. The molecule has 0 aliphatic carbocycles. The molecular weight excluding hydrogens is 813 g/mol. The summed E-state index contributed by atoms with van der Waals surface area (Å²) in [6.45, 7) is 13.9. The Labute approximate surface area is 392 Å². The molecule has 2 aliphatic rings. The first kappa shape index (κ1) is 39.5. The Hall–Kier alpha value is -7.88. The van der Waals surface area contributed by atoms with Gasteiger partial charge in [0, 0.05) is 39.0 Å². The Balaban J connectivity index is 1.10. The second kappa shape index (κ2) is 14.3. The van der Waals surface area contributed by atoms with Gasteiger partial charge < -0.3 is 14.2 Å². The summed E-state index contributed by atoms with van der Waals surface area (Å²) in [5.74, 6) is 0. The summed E-state index contributed by atoms with van der Waals surface area (Å²) in [4.78, 5) is 4.98. The Morgan fingerprint density at radius 1 is 0.328 bits per heavy atom. The van der Waals surface area contributed by atoms with Gasteiger partial charge in [0.1, 0.15) is 11.2 Å². The van der Waals surface area contributed by atoms with Gasteiger partial charge in [-0.1, -0.05) is 172 Å². The number of para-hydroxylation sites is 2. The molecule has 2 aliphatic heterocycles. The van der Waals surface area contributed by atoms with Crippen molar-refractivity contribution in [2.45, 2.75) is 52.4 Å². The van der Waals surface area contributed by atoms with E-state index in [1.54, 1.807) is 0 Å². The average Bonchev–Trinajstić information content (AvgIpc) is 3.71. The highest BCUT2D eigenvalue weighted by atomic mass is 16.3. The van der Waals surface area contributed by atoms with Crippen molar-refractivity contribution in [1.82, 2.24) is 0 Å². The minimum Gasteiger partial charge on any atom is -0.456 e. The molecule has 3 heteroatoms. The lowest BCUT2D eigenvalue weighted by atomic mass is 9.72. The van der Waals surface area contributed by atoms with Crippen LogP contribution in [0.25, 0.3) is 65.7 Å². The Bertz CT molecular complexity index is 3780. The first-order valence-electron chi connectivity index (χ1n) is 23.6. The van der Waals surface area contributed by atoms with E-state index in [2.05, 4.69) is 245 Å². The zero-order chi connectivity index (χ0) is 45.3. The molecular formula is C64H50N2O. The summed E-state index contributed by atoms with van der Waals surface area (Å²) in [5, 5.41) is 7.15. The highest BCUT2D eigenvalue weighted by molar-refractivity contribution is 6.23. The van der Waals surface area contributed by atoms with Crippen molar-refractivity contribution in [3.05, 3.63) is 228 Å². The lowest BCUT2D eigenvalue weighted by Crippen LogP contribution is -2.30. The Kier molecular flexibility index (Phi) is 8.43. The molecule has 10 aromatic carbocycles. The zero-order valence-electron chi connectivity index (χ0n) is 38.8. The van der Waals surface area contributed by atoms with E-state index in [1.807, 2.05) is 0 Å². The molecule has 0 unspecified atom stereocenters. The maximum Gasteiger partial charge on any atom is 0.137 e. The van der Waals surface area contributed by atoms with Crippen molar-refractivity contribution in [3.63, 3.8) is 0 Å². The third-order valence-corrected chi connectivity index (χ3v) is 15.1. The van der Waals surface area contributed by atoms with Crippen LogP contribution in [0, 0.1) is 13.8 Å². The topological polar surface area (TPSA) is 19.6 Å². The van der Waals surface area contributed by atoms with Crippen LogP contribution in [-0.2, 0) is 10.8 Å². The number of anilines is 6. The molecule has 0 N–H and O–H groups in total. The van der Waals surface area contributed by atoms with E-state index in [1.165, 1.54) is 94.2 Å². The summed E-state index contributed by atoms with van der Waals surface area (Å²) in [6.07, 6.45) is 0.